The molecule has 0 aliphatic rings. The molecule has 0 radical (unpaired) electrons. The molecule has 0 saturated carbocycles. The number of aromatic nitrogens is 4. The summed E-state index contributed by atoms with van der Waals surface area (Å²) in [5, 5.41) is 12.7. The van der Waals surface area contributed by atoms with E-state index in [4.69, 9.17) is 4.74 Å². The molecule has 0 atom stereocenters. The van der Waals surface area contributed by atoms with E-state index in [1.807, 2.05) is 67.6 Å². The number of hydrogen-bond donors (Lipinski definition) is 2. The minimum absolute atomic E-state index is 0.269. The third kappa shape index (κ3) is 4.09. The molecule has 2 N–H and O–H groups in total. The number of aryl methyl sites for hydroxylation is 2. The molecule has 152 valence electrons. The van der Waals surface area contributed by atoms with Gasteiger partial charge in [-0.1, -0.05) is 54.6 Å². The van der Waals surface area contributed by atoms with Crippen molar-refractivity contribution in [2.24, 2.45) is 0 Å². The number of rotatable bonds is 5. The smallest absolute Gasteiger partial charge is 0.324 e. The minimum atomic E-state index is 0.269. The molecule has 6 nitrogen and oxygen atoms in total. The van der Waals surface area contributed by atoms with Gasteiger partial charge in [0, 0.05) is 23.4 Å². The molecule has 0 aliphatic heterocycles. The topological polar surface area (TPSA) is 75.7 Å². The molecule has 0 amide bonds. The first kappa shape index (κ1) is 18.8. The summed E-state index contributed by atoms with van der Waals surface area (Å²) >= 11 is 0. The van der Waals surface area contributed by atoms with Crippen LogP contribution in [0, 0.1) is 13.8 Å². The Kier molecular flexibility index (Phi) is 4.80. The van der Waals surface area contributed by atoms with Crippen LogP contribution in [0.1, 0.15) is 11.3 Å². The molecule has 6 heteroatoms. The molecule has 0 saturated heterocycles. The SMILES string of the molecule is Cc1cc(Nc2cc(-c3ccccc3C)nc(Oc3ccc4ccccc4c3)n2)n[nH]1. The molecule has 5 rings (SSSR count). The summed E-state index contributed by atoms with van der Waals surface area (Å²) in [5.74, 6) is 1.97. The lowest BCUT2D eigenvalue weighted by Crippen LogP contribution is -2.00. The number of anilines is 2. The molecule has 0 fully saturated rings. The number of H-pyrrole nitrogens is 1. The number of nitrogens with one attached hydrogen (secondary N) is 2. The number of ether oxygens (including phenoxy) is 1. The predicted octanol–water partition coefficient (Wildman–Crippen LogP) is 6.17. The first-order valence-electron chi connectivity index (χ1n) is 10.0. The summed E-state index contributed by atoms with van der Waals surface area (Å²) in [6.45, 7) is 4.01. The Balaban J connectivity index is 1.55. The number of nitrogens with zero attached hydrogens (tertiary/aromatic N) is 3. The van der Waals surface area contributed by atoms with Gasteiger partial charge in [0.25, 0.3) is 0 Å². The lowest BCUT2D eigenvalue weighted by molar-refractivity contribution is 0.444. The first-order chi connectivity index (χ1) is 15.1. The highest BCUT2D eigenvalue weighted by Crippen LogP contribution is 2.29. The molecular weight excluding hydrogens is 386 g/mol. The van der Waals surface area contributed by atoms with E-state index in [1.165, 1.54) is 0 Å². The van der Waals surface area contributed by atoms with Crippen LogP contribution in [0.5, 0.6) is 11.8 Å². The molecule has 2 aromatic heterocycles. The van der Waals surface area contributed by atoms with Crippen LogP contribution in [0.15, 0.2) is 78.9 Å². The van der Waals surface area contributed by atoms with Crippen molar-refractivity contribution in [3.8, 4) is 23.0 Å². The fraction of sp³-hybridized carbons (Fsp3) is 0.0800. The van der Waals surface area contributed by atoms with E-state index in [0.29, 0.717) is 17.4 Å². The second-order valence-corrected chi connectivity index (χ2v) is 7.41. The molecule has 0 bridgehead atoms. The van der Waals surface area contributed by atoms with Crippen LogP contribution < -0.4 is 10.1 Å². The first-order valence-corrected chi connectivity index (χ1v) is 10.0. The van der Waals surface area contributed by atoms with Gasteiger partial charge in [-0.3, -0.25) is 5.10 Å². The Morgan fingerprint density at radius 3 is 2.39 bits per heavy atom. The number of hydrogen-bond acceptors (Lipinski definition) is 5. The van der Waals surface area contributed by atoms with Crippen molar-refractivity contribution in [3.05, 3.63) is 90.1 Å². The van der Waals surface area contributed by atoms with E-state index >= 15 is 0 Å². The normalized spacial score (nSPS) is 10.9. The maximum Gasteiger partial charge on any atom is 0.324 e. The zero-order valence-corrected chi connectivity index (χ0v) is 17.3. The second-order valence-electron chi connectivity index (χ2n) is 7.41. The Morgan fingerprint density at radius 2 is 1.58 bits per heavy atom. The van der Waals surface area contributed by atoms with Crippen molar-refractivity contribution in [3.63, 3.8) is 0 Å². The van der Waals surface area contributed by atoms with Gasteiger partial charge in [0.15, 0.2) is 5.82 Å². The Labute approximate surface area is 180 Å². The summed E-state index contributed by atoms with van der Waals surface area (Å²) < 4.78 is 6.08. The monoisotopic (exact) mass is 407 g/mol. The van der Waals surface area contributed by atoms with Crippen LogP contribution in [-0.4, -0.2) is 20.2 Å². The van der Waals surface area contributed by atoms with Crippen molar-refractivity contribution in [1.82, 2.24) is 20.2 Å². The summed E-state index contributed by atoms with van der Waals surface area (Å²) in [4.78, 5) is 9.26. The average molecular weight is 407 g/mol. The highest BCUT2D eigenvalue weighted by atomic mass is 16.5. The second kappa shape index (κ2) is 7.91. The third-order valence-corrected chi connectivity index (χ3v) is 5.02. The van der Waals surface area contributed by atoms with Crippen molar-refractivity contribution < 1.29 is 4.74 Å². The lowest BCUT2D eigenvalue weighted by atomic mass is 10.1. The summed E-state index contributed by atoms with van der Waals surface area (Å²) in [6, 6.07) is 26.3. The largest absolute Gasteiger partial charge is 0.424 e. The van der Waals surface area contributed by atoms with Crippen LogP contribution >= 0.6 is 0 Å². The summed E-state index contributed by atoms with van der Waals surface area (Å²) in [5.41, 5.74) is 3.89. The number of fused-ring (bicyclic) bond motifs is 1. The van der Waals surface area contributed by atoms with Crippen LogP contribution in [0.25, 0.3) is 22.0 Å². The standard InChI is InChI=1S/C25H21N5O/c1-16-7-3-6-10-21(16)22-15-23(27-24-13-17(2)29-30-24)28-25(26-22)31-20-12-11-18-8-4-5-9-19(18)14-20/h3-15H,1-2H3,(H2,26,27,28,29,30). The molecule has 31 heavy (non-hydrogen) atoms. The molecule has 0 unspecified atom stereocenters. The van der Waals surface area contributed by atoms with Gasteiger partial charge in [-0.05, 0) is 42.3 Å². The minimum Gasteiger partial charge on any atom is -0.424 e. The van der Waals surface area contributed by atoms with E-state index in [1.54, 1.807) is 0 Å². The zero-order valence-electron chi connectivity index (χ0n) is 17.3. The van der Waals surface area contributed by atoms with Crippen molar-refractivity contribution >= 4 is 22.4 Å². The van der Waals surface area contributed by atoms with Gasteiger partial charge >= 0.3 is 6.01 Å². The average Bonchev–Trinajstić information content (AvgIpc) is 3.18. The number of aromatic amines is 1. The van der Waals surface area contributed by atoms with E-state index in [0.717, 1.165) is 33.3 Å². The maximum absolute atomic E-state index is 6.08. The highest BCUT2D eigenvalue weighted by Gasteiger charge is 2.12. The highest BCUT2D eigenvalue weighted by molar-refractivity contribution is 5.83. The van der Waals surface area contributed by atoms with E-state index < -0.39 is 0 Å². The molecular formula is C25H21N5O. The fourth-order valence-corrected chi connectivity index (χ4v) is 3.48. The van der Waals surface area contributed by atoms with E-state index in [-0.39, 0.29) is 6.01 Å². The van der Waals surface area contributed by atoms with Gasteiger partial charge < -0.3 is 10.1 Å². The van der Waals surface area contributed by atoms with Gasteiger partial charge in [-0.2, -0.15) is 15.1 Å². The van der Waals surface area contributed by atoms with Gasteiger partial charge in [0.05, 0.1) is 5.69 Å². The summed E-state index contributed by atoms with van der Waals surface area (Å²) in [6.07, 6.45) is 0. The van der Waals surface area contributed by atoms with E-state index in [9.17, 15) is 0 Å². The zero-order chi connectivity index (χ0) is 21.2. The van der Waals surface area contributed by atoms with Crippen LogP contribution in [0.3, 0.4) is 0 Å². The van der Waals surface area contributed by atoms with Crippen molar-refractivity contribution in [2.45, 2.75) is 13.8 Å². The van der Waals surface area contributed by atoms with Crippen molar-refractivity contribution in [1.29, 1.82) is 0 Å². The van der Waals surface area contributed by atoms with Crippen LogP contribution in [0.4, 0.5) is 11.6 Å². The van der Waals surface area contributed by atoms with Crippen LogP contribution in [0.2, 0.25) is 0 Å². The van der Waals surface area contributed by atoms with Crippen molar-refractivity contribution in [2.75, 3.05) is 5.32 Å². The molecule has 2 heterocycles. The third-order valence-electron chi connectivity index (χ3n) is 5.02. The Bertz CT molecular complexity index is 1380. The Morgan fingerprint density at radius 1 is 0.774 bits per heavy atom. The van der Waals surface area contributed by atoms with Gasteiger partial charge in [0.1, 0.15) is 11.6 Å². The Hall–Kier alpha value is -4.19. The molecule has 0 aliphatic carbocycles. The van der Waals surface area contributed by atoms with Gasteiger partial charge in [-0.15, -0.1) is 0 Å². The summed E-state index contributed by atoms with van der Waals surface area (Å²) in [7, 11) is 0. The van der Waals surface area contributed by atoms with Gasteiger partial charge in [-0.25, -0.2) is 0 Å². The molecule has 0 spiro atoms. The predicted molar refractivity (Wildman–Crippen MR) is 123 cm³/mol. The molecule has 5 aromatic rings. The van der Waals surface area contributed by atoms with Gasteiger partial charge in [0.2, 0.25) is 0 Å². The molecule has 3 aromatic carbocycles. The maximum atomic E-state index is 6.08. The van der Waals surface area contributed by atoms with E-state index in [2.05, 4.69) is 50.6 Å². The lowest BCUT2D eigenvalue weighted by Gasteiger charge is -2.11. The fourth-order valence-electron chi connectivity index (χ4n) is 3.48. The number of benzene rings is 3. The quantitative estimate of drug-likeness (QED) is 0.364. The van der Waals surface area contributed by atoms with Crippen LogP contribution in [-0.2, 0) is 0 Å².